The number of morpholine rings is 1. The van der Waals surface area contributed by atoms with E-state index in [1.807, 2.05) is 19.9 Å². The number of pyridine rings is 1. The average Bonchev–Trinajstić information content (AvgIpc) is 2.85. The van der Waals surface area contributed by atoms with Crippen LogP contribution in [0.15, 0.2) is 6.07 Å². The van der Waals surface area contributed by atoms with E-state index in [4.69, 9.17) is 4.74 Å². The van der Waals surface area contributed by atoms with Crippen molar-refractivity contribution >= 4 is 39.1 Å². The molecular formula is C16H19N3O3S. The maximum Gasteiger partial charge on any atom is 0.266 e. The highest BCUT2D eigenvalue weighted by molar-refractivity contribution is 7.21. The number of thiophene rings is 1. The number of anilines is 1. The molecule has 6 nitrogen and oxygen atoms in total. The zero-order chi connectivity index (χ0) is 16.6. The first-order valence-electron chi connectivity index (χ1n) is 7.52. The zero-order valence-electron chi connectivity index (χ0n) is 13.4. The Morgan fingerprint density at radius 3 is 2.65 bits per heavy atom. The summed E-state index contributed by atoms with van der Waals surface area (Å²) in [5.41, 5.74) is 2.49. The van der Waals surface area contributed by atoms with Gasteiger partial charge in [0.15, 0.2) is 0 Å². The average molecular weight is 333 g/mol. The molecule has 0 aliphatic carbocycles. The van der Waals surface area contributed by atoms with Crippen molar-refractivity contribution in [3.8, 4) is 0 Å². The molecule has 1 aliphatic rings. The van der Waals surface area contributed by atoms with Crippen LogP contribution in [0, 0.1) is 13.8 Å². The number of amides is 2. The molecule has 1 fully saturated rings. The minimum atomic E-state index is -0.194. The van der Waals surface area contributed by atoms with Crippen LogP contribution < -0.4 is 5.32 Å². The summed E-state index contributed by atoms with van der Waals surface area (Å²) < 4.78 is 5.30. The van der Waals surface area contributed by atoms with Crippen molar-refractivity contribution in [3.05, 3.63) is 22.2 Å². The summed E-state index contributed by atoms with van der Waals surface area (Å²) in [6.45, 7) is 7.57. The number of carbonyl (C=O) groups excluding carboxylic acids is 2. The molecule has 3 heterocycles. The quantitative estimate of drug-likeness (QED) is 0.916. The predicted molar refractivity (Wildman–Crippen MR) is 90.1 cm³/mol. The van der Waals surface area contributed by atoms with E-state index >= 15 is 0 Å². The number of nitrogens with one attached hydrogen (secondary N) is 1. The monoisotopic (exact) mass is 333 g/mol. The van der Waals surface area contributed by atoms with Gasteiger partial charge in [0, 0.05) is 31.1 Å². The van der Waals surface area contributed by atoms with Crippen LogP contribution in [0.3, 0.4) is 0 Å². The molecule has 3 rings (SSSR count). The number of nitrogens with zero attached hydrogens (tertiary/aromatic N) is 2. The van der Waals surface area contributed by atoms with Crippen molar-refractivity contribution in [2.45, 2.75) is 20.8 Å². The van der Waals surface area contributed by atoms with Crippen LogP contribution in [0.4, 0.5) is 5.69 Å². The molecule has 122 valence electrons. The predicted octanol–water partition coefficient (Wildman–Crippen LogP) is 2.34. The number of aromatic nitrogens is 1. The highest BCUT2D eigenvalue weighted by Gasteiger charge is 2.26. The fraction of sp³-hybridized carbons (Fsp3) is 0.438. The number of rotatable bonds is 2. The minimum absolute atomic E-state index is 0.0721. The first-order valence-corrected chi connectivity index (χ1v) is 8.34. The van der Waals surface area contributed by atoms with Crippen LogP contribution in [-0.2, 0) is 9.53 Å². The number of fused-ring (bicyclic) bond motifs is 1. The van der Waals surface area contributed by atoms with E-state index in [0.29, 0.717) is 36.9 Å². The first-order chi connectivity index (χ1) is 11.0. The molecule has 0 bridgehead atoms. The van der Waals surface area contributed by atoms with Gasteiger partial charge >= 0.3 is 0 Å². The summed E-state index contributed by atoms with van der Waals surface area (Å²) >= 11 is 1.34. The zero-order valence-corrected chi connectivity index (χ0v) is 14.2. The topological polar surface area (TPSA) is 71.5 Å². The molecule has 0 aromatic carbocycles. The summed E-state index contributed by atoms with van der Waals surface area (Å²) in [6, 6.07) is 1.96. The van der Waals surface area contributed by atoms with Gasteiger partial charge in [0.2, 0.25) is 5.91 Å². The molecule has 2 aromatic heterocycles. The van der Waals surface area contributed by atoms with Crippen molar-refractivity contribution in [3.63, 3.8) is 0 Å². The molecule has 1 saturated heterocycles. The first kappa shape index (κ1) is 15.9. The van der Waals surface area contributed by atoms with Gasteiger partial charge in [-0.15, -0.1) is 11.3 Å². The molecule has 7 heteroatoms. The summed E-state index contributed by atoms with van der Waals surface area (Å²) in [5.74, 6) is -0.266. The standard InChI is InChI=1S/C16H19N3O3S/c1-9-8-10(2)17-15-12(9)13(18-11(3)20)14(23-15)16(21)19-4-6-22-7-5-19/h8H,4-7H2,1-3H3,(H,18,20). The van der Waals surface area contributed by atoms with E-state index in [2.05, 4.69) is 10.3 Å². The van der Waals surface area contributed by atoms with Gasteiger partial charge in [0.25, 0.3) is 5.91 Å². The maximum absolute atomic E-state index is 12.9. The smallest absolute Gasteiger partial charge is 0.266 e. The summed E-state index contributed by atoms with van der Waals surface area (Å²) in [7, 11) is 0. The van der Waals surface area contributed by atoms with Crippen LogP contribution in [-0.4, -0.2) is 48.0 Å². The Bertz CT molecular complexity index is 778. The Labute approximate surface area is 138 Å². The lowest BCUT2D eigenvalue weighted by atomic mass is 10.1. The van der Waals surface area contributed by atoms with E-state index < -0.39 is 0 Å². The third-order valence-electron chi connectivity index (χ3n) is 3.78. The van der Waals surface area contributed by atoms with E-state index in [1.165, 1.54) is 18.3 Å². The molecule has 0 saturated carbocycles. The lowest BCUT2D eigenvalue weighted by Crippen LogP contribution is -2.40. The summed E-state index contributed by atoms with van der Waals surface area (Å²) in [4.78, 5) is 32.1. The lowest BCUT2D eigenvalue weighted by Gasteiger charge is -2.26. The second kappa shape index (κ2) is 6.25. The molecule has 1 aliphatic heterocycles. The minimum Gasteiger partial charge on any atom is -0.378 e. The molecule has 0 unspecified atom stereocenters. The number of carbonyl (C=O) groups is 2. The van der Waals surface area contributed by atoms with Gasteiger partial charge in [-0.2, -0.15) is 0 Å². The second-order valence-electron chi connectivity index (χ2n) is 5.65. The number of hydrogen-bond acceptors (Lipinski definition) is 5. The Balaban J connectivity index is 2.12. The fourth-order valence-corrected chi connectivity index (χ4v) is 4.02. The van der Waals surface area contributed by atoms with Crippen molar-refractivity contribution < 1.29 is 14.3 Å². The van der Waals surface area contributed by atoms with Crippen LogP contribution in [0.25, 0.3) is 10.2 Å². The molecule has 0 spiro atoms. The Kier molecular flexibility index (Phi) is 4.32. The largest absolute Gasteiger partial charge is 0.378 e. The maximum atomic E-state index is 12.9. The third-order valence-corrected chi connectivity index (χ3v) is 4.85. The highest BCUT2D eigenvalue weighted by Crippen LogP contribution is 2.38. The van der Waals surface area contributed by atoms with Gasteiger partial charge in [0.05, 0.1) is 18.9 Å². The number of ether oxygens (including phenoxy) is 1. The van der Waals surface area contributed by atoms with Crippen molar-refractivity contribution in [1.82, 2.24) is 9.88 Å². The van der Waals surface area contributed by atoms with Crippen molar-refractivity contribution in [2.24, 2.45) is 0 Å². The van der Waals surface area contributed by atoms with Gasteiger partial charge in [0.1, 0.15) is 9.71 Å². The van der Waals surface area contributed by atoms with Gasteiger partial charge in [-0.05, 0) is 25.5 Å². The fourth-order valence-electron chi connectivity index (χ4n) is 2.80. The molecule has 0 atom stereocenters. The van der Waals surface area contributed by atoms with Crippen LogP contribution in [0.1, 0.15) is 27.9 Å². The van der Waals surface area contributed by atoms with Gasteiger partial charge in [-0.25, -0.2) is 4.98 Å². The van der Waals surface area contributed by atoms with Crippen molar-refractivity contribution in [2.75, 3.05) is 31.6 Å². The van der Waals surface area contributed by atoms with Gasteiger partial charge < -0.3 is 15.0 Å². The molecule has 0 radical (unpaired) electrons. The normalized spacial score (nSPS) is 15.0. The van der Waals surface area contributed by atoms with Crippen LogP contribution in [0.5, 0.6) is 0 Å². The second-order valence-corrected chi connectivity index (χ2v) is 6.65. The van der Waals surface area contributed by atoms with Crippen LogP contribution >= 0.6 is 11.3 Å². The lowest BCUT2D eigenvalue weighted by molar-refractivity contribution is -0.114. The molecule has 1 N–H and O–H groups in total. The molecule has 23 heavy (non-hydrogen) atoms. The van der Waals surface area contributed by atoms with E-state index in [-0.39, 0.29) is 11.8 Å². The van der Waals surface area contributed by atoms with E-state index in [0.717, 1.165) is 21.5 Å². The van der Waals surface area contributed by atoms with Crippen LogP contribution in [0.2, 0.25) is 0 Å². The Hall–Kier alpha value is -1.99. The van der Waals surface area contributed by atoms with Gasteiger partial charge in [-0.1, -0.05) is 0 Å². The number of hydrogen-bond donors (Lipinski definition) is 1. The summed E-state index contributed by atoms with van der Waals surface area (Å²) in [5, 5.41) is 3.68. The third kappa shape index (κ3) is 3.07. The van der Waals surface area contributed by atoms with E-state index in [1.54, 1.807) is 4.90 Å². The Morgan fingerprint density at radius 1 is 1.30 bits per heavy atom. The van der Waals surface area contributed by atoms with Gasteiger partial charge in [-0.3, -0.25) is 9.59 Å². The number of aryl methyl sites for hydroxylation is 2. The molecule has 2 amide bonds. The van der Waals surface area contributed by atoms with Crippen molar-refractivity contribution in [1.29, 1.82) is 0 Å². The van der Waals surface area contributed by atoms with E-state index in [9.17, 15) is 9.59 Å². The Morgan fingerprint density at radius 2 is 2.00 bits per heavy atom. The summed E-state index contributed by atoms with van der Waals surface area (Å²) in [6.07, 6.45) is 0. The molecular weight excluding hydrogens is 314 g/mol. The SMILES string of the molecule is CC(=O)Nc1c(C(=O)N2CCOCC2)sc2nc(C)cc(C)c12. The molecule has 2 aromatic rings. The highest BCUT2D eigenvalue weighted by atomic mass is 32.1.